The first kappa shape index (κ1) is 18.4. The second-order valence-corrected chi connectivity index (χ2v) is 4.23. The molecule has 0 bridgehead atoms. The second-order valence-electron chi connectivity index (χ2n) is 4.23. The summed E-state index contributed by atoms with van der Waals surface area (Å²) >= 11 is 0. The van der Waals surface area contributed by atoms with Crippen LogP contribution in [0.3, 0.4) is 0 Å². The van der Waals surface area contributed by atoms with Crippen LogP contribution in [0, 0.1) is 0 Å². The number of carbonyl (C=O) groups is 2. The van der Waals surface area contributed by atoms with Crippen molar-refractivity contribution in [3.05, 3.63) is 29.8 Å². The van der Waals surface area contributed by atoms with Crippen molar-refractivity contribution in [3.8, 4) is 0 Å². The zero-order valence-corrected chi connectivity index (χ0v) is 12.6. The standard InChI is InChI=1S/C13H19N3O3.ClH/c1-16(2)13(18)9-4-6-10(7-5-9)15-12(17)11(8-14)19-3;/h4-7,11H,8,14H2,1-3H3,(H,15,17);1H. The average Bonchev–Trinajstić information content (AvgIpc) is 2.40. The third-order valence-corrected chi connectivity index (χ3v) is 2.60. The number of rotatable bonds is 5. The van der Waals surface area contributed by atoms with Gasteiger partial charge in [-0.25, -0.2) is 0 Å². The maximum atomic E-state index is 11.7. The molecule has 0 aliphatic carbocycles. The van der Waals surface area contributed by atoms with Gasteiger partial charge in [-0.2, -0.15) is 0 Å². The van der Waals surface area contributed by atoms with E-state index in [1.165, 1.54) is 12.0 Å². The number of halogens is 1. The van der Waals surface area contributed by atoms with Gasteiger partial charge in [0.15, 0.2) is 0 Å². The van der Waals surface area contributed by atoms with E-state index in [1.807, 2.05) is 0 Å². The smallest absolute Gasteiger partial charge is 0.254 e. The summed E-state index contributed by atoms with van der Waals surface area (Å²) in [6, 6.07) is 6.64. The molecule has 0 spiro atoms. The highest BCUT2D eigenvalue weighted by atomic mass is 35.5. The predicted octanol–water partition coefficient (Wildman–Crippen LogP) is 0.722. The Balaban J connectivity index is 0.00000361. The van der Waals surface area contributed by atoms with Gasteiger partial charge in [-0.3, -0.25) is 9.59 Å². The number of nitrogens with one attached hydrogen (secondary N) is 1. The van der Waals surface area contributed by atoms with E-state index in [-0.39, 0.29) is 30.8 Å². The van der Waals surface area contributed by atoms with Crippen molar-refractivity contribution < 1.29 is 14.3 Å². The van der Waals surface area contributed by atoms with Gasteiger partial charge in [0.05, 0.1) is 0 Å². The molecule has 6 nitrogen and oxygen atoms in total. The number of ether oxygens (including phenoxy) is 1. The Labute approximate surface area is 124 Å². The number of methoxy groups -OCH3 is 1. The lowest BCUT2D eigenvalue weighted by Crippen LogP contribution is -2.35. The molecular formula is C13H20ClN3O3. The number of carbonyl (C=O) groups excluding carboxylic acids is 2. The molecule has 0 radical (unpaired) electrons. The van der Waals surface area contributed by atoms with Crippen molar-refractivity contribution >= 4 is 29.9 Å². The van der Waals surface area contributed by atoms with Gasteiger partial charge in [0.1, 0.15) is 6.10 Å². The molecule has 7 heteroatoms. The molecule has 0 saturated carbocycles. The van der Waals surface area contributed by atoms with E-state index in [9.17, 15) is 9.59 Å². The fraction of sp³-hybridized carbons (Fsp3) is 0.385. The van der Waals surface area contributed by atoms with Crippen LogP contribution in [-0.2, 0) is 9.53 Å². The summed E-state index contributed by atoms with van der Waals surface area (Å²) in [4.78, 5) is 24.9. The Kier molecular flexibility index (Phi) is 7.83. The Morgan fingerprint density at radius 2 is 1.85 bits per heavy atom. The van der Waals surface area contributed by atoms with Gasteiger partial charge in [-0.1, -0.05) is 0 Å². The number of hydrogen-bond donors (Lipinski definition) is 2. The molecule has 0 aliphatic rings. The zero-order valence-electron chi connectivity index (χ0n) is 11.8. The lowest BCUT2D eigenvalue weighted by molar-refractivity contribution is -0.125. The topological polar surface area (TPSA) is 84.7 Å². The summed E-state index contributed by atoms with van der Waals surface area (Å²) in [6.45, 7) is 0.111. The molecule has 3 N–H and O–H groups in total. The van der Waals surface area contributed by atoms with Crippen LogP contribution < -0.4 is 11.1 Å². The molecule has 20 heavy (non-hydrogen) atoms. The Bertz CT molecular complexity index is 445. The van der Waals surface area contributed by atoms with Gasteiger partial charge in [-0.05, 0) is 24.3 Å². The van der Waals surface area contributed by atoms with Crippen LogP contribution in [-0.4, -0.2) is 50.6 Å². The quantitative estimate of drug-likeness (QED) is 0.839. The van der Waals surface area contributed by atoms with Gasteiger partial charge in [-0.15, -0.1) is 12.4 Å². The van der Waals surface area contributed by atoms with E-state index in [2.05, 4.69) is 5.32 Å². The van der Waals surface area contributed by atoms with Crippen LogP contribution in [0.15, 0.2) is 24.3 Å². The molecule has 1 aromatic carbocycles. The summed E-state index contributed by atoms with van der Waals surface area (Å²) in [5, 5.41) is 2.67. The molecule has 1 rings (SSSR count). The van der Waals surface area contributed by atoms with Gasteiger partial charge < -0.3 is 20.7 Å². The summed E-state index contributed by atoms with van der Waals surface area (Å²) in [5.74, 6) is -0.397. The SMILES string of the molecule is COC(CN)C(=O)Nc1ccc(C(=O)N(C)C)cc1.Cl. The van der Waals surface area contributed by atoms with Crippen molar-refractivity contribution in [2.45, 2.75) is 6.10 Å². The second kappa shape index (κ2) is 8.52. The van der Waals surface area contributed by atoms with Crippen LogP contribution in [0.4, 0.5) is 5.69 Å². The Hall–Kier alpha value is -1.63. The first-order valence-corrected chi connectivity index (χ1v) is 5.85. The molecule has 1 aromatic rings. The molecule has 1 unspecified atom stereocenters. The number of hydrogen-bond acceptors (Lipinski definition) is 4. The van der Waals surface area contributed by atoms with E-state index in [0.29, 0.717) is 11.3 Å². The number of nitrogens with two attached hydrogens (primary N) is 1. The minimum absolute atomic E-state index is 0. The van der Waals surface area contributed by atoms with Crippen molar-refractivity contribution in [2.24, 2.45) is 5.73 Å². The van der Waals surface area contributed by atoms with Crippen molar-refractivity contribution in [3.63, 3.8) is 0 Å². The van der Waals surface area contributed by atoms with E-state index in [4.69, 9.17) is 10.5 Å². The maximum Gasteiger partial charge on any atom is 0.254 e. The first-order valence-electron chi connectivity index (χ1n) is 5.85. The highest BCUT2D eigenvalue weighted by Gasteiger charge is 2.15. The van der Waals surface area contributed by atoms with Crippen molar-refractivity contribution in [1.82, 2.24) is 4.90 Å². The first-order chi connectivity index (χ1) is 8.99. The normalized spacial score (nSPS) is 11.2. The molecule has 0 aromatic heterocycles. The van der Waals surface area contributed by atoms with Crippen LogP contribution in [0.2, 0.25) is 0 Å². The van der Waals surface area contributed by atoms with E-state index < -0.39 is 6.10 Å². The molecule has 0 saturated heterocycles. The molecule has 0 heterocycles. The molecular weight excluding hydrogens is 282 g/mol. The zero-order chi connectivity index (χ0) is 14.4. The minimum Gasteiger partial charge on any atom is -0.370 e. The third kappa shape index (κ3) is 4.80. The van der Waals surface area contributed by atoms with Crippen LogP contribution in [0.5, 0.6) is 0 Å². The molecule has 1 atom stereocenters. The highest BCUT2D eigenvalue weighted by Crippen LogP contribution is 2.11. The van der Waals surface area contributed by atoms with Crippen molar-refractivity contribution in [2.75, 3.05) is 33.1 Å². The largest absolute Gasteiger partial charge is 0.370 e. The summed E-state index contributed by atoms with van der Waals surface area (Å²) in [5.41, 5.74) is 6.55. The number of anilines is 1. The lowest BCUT2D eigenvalue weighted by atomic mass is 10.2. The summed E-state index contributed by atoms with van der Waals surface area (Å²) in [7, 11) is 4.79. The van der Waals surface area contributed by atoms with E-state index in [0.717, 1.165) is 0 Å². The summed E-state index contributed by atoms with van der Waals surface area (Å²) in [6.07, 6.45) is -0.678. The van der Waals surface area contributed by atoms with Crippen LogP contribution in [0.25, 0.3) is 0 Å². The monoisotopic (exact) mass is 301 g/mol. The molecule has 0 aliphatic heterocycles. The Morgan fingerprint density at radius 3 is 2.25 bits per heavy atom. The maximum absolute atomic E-state index is 11.7. The average molecular weight is 302 g/mol. The summed E-state index contributed by atoms with van der Waals surface area (Å²) < 4.78 is 4.93. The third-order valence-electron chi connectivity index (χ3n) is 2.60. The molecule has 0 fully saturated rings. The lowest BCUT2D eigenvalue weighted by Gasteiger charge is -2.14. The fourth-order valence-corrected chi connectivity index (χ4v) is 1.49. The van der Waals surface area contributed by atoms with Crippen LogP contribution in [0.1, 0.15) is 10.4 Å². The molecule has 112 valence electrons. The van der Waals surface area contributed by atoms with Gasteiger partial charge in [0.25, 0.3) is 11.8 Å². The molecule has 2 amide bonds. The van der Waals surface area contributed by atoms with Gasteiger partial charge >= 0.3 is 0 Å². The minimum atomic E-state index is -0.678. The van der Waals surface area contributed by atoms with Gasteiger partial charge in [0.2, 0.25) is 0 Å². The predicted molar refractivity (Wildman–Crippen MR) is 80.2 cm³/mol. The number of nitrogens with zero attached hydrogens (tertiary/aromatic N) is 1. The van der Waals surface area contributed by atoms with E-state index in [1.54, 1.807) is 38.4 Å². The van der Waals surface area contributed by atoms with E-state index >= 15 is 0 Å². The number of amides is 2. The fourth-order valence-electron chi connectivity index (χ4n) is 1.49. The van der Waals surface area contributed by atoms with Crippen molar-refractivity contribution in [1.29, 1.82) is 0 Å². The van der Waals surface area contributed by atoms with Gasteiger partial charge in [0, 0.05) is 39.0 Å². The Morgan fingerprint density at radius 1 is 1.30 bits per heavy atom. The highest BCUT2D eigenvalue weighted by molar-refractivity contribution is 5.96. The number of benzene rings is 1. The van der Waals surface area contributed by atoms with Crippen LogP contribution >= 0.6 is 12.4 Å².